The molecule has 0 aliphatic rings. The maximum atomic E-state index is 13.0. The number of halogens is 3. The van der Waals surface area contributed by atoms with Gasteiger partial charge in [-0.2, -0.15) is 13.2 Å². The SMILES string of the molecule is CCCCC(CN(C[C@H](C)CO)C(=O)O)NC(=O)CNC(=O)c1cc([N+](=O)[O-])cc(C(F)(F)F)c1. The summed E-state index contributed by atoms with van der Waals surface area (Å²) in [5, 5.41) is 34.2. The second-order valence-corrected chi connectivity index (χ2v) is 8.09. The van der Waals surface area contributed by atoms with Crippen molar-refractivity contribution in [3.8, 4) is 0 Å². The number of non-ortho nitro benzene ring substituents is 1. The minimum absolute atomic E-state index is 0.0371. The first-order valence-corrected chi connectivity index (χ1v) is 10.8. The summed E-state index contributed by atoms with van der Waals surface area (Å²) >= 11 is 0. The molecule has 1 aromatic carbocycles. The summed E-state index contributed by atoms with van der Waals surface area (Å²) in [5.41, 5.74) is -2.95. The molecule has 1 aromatic rings. The van der Waals surface area contributed by atoms with Crippen LogP contribution in [0.15, 0.2) is 18.2 Å². The maximum Gasteiger partial charge on any atom is 0.416 e. The summed E-state index contributed by atoms with van der Waals surface area (Å²) in [4.78, 5) is 47.1. The molecule has 0 radical (unpaired) electrons. The van der Waals surface area contributed by atoms with Crippen LogP contribution in [0.25, 0.3) is 0 Å². The van der Waals surface area contributed by atoms with E-state index in [0.29, 0.717) is 31.0 Å². The van der Waals surface area contributed by atoms with Crippen LogP contribution < -0.4 is 10.6 Å². The van der Waals surface area contributed by atoms with Gasteiger partial charge in [-0.05, 0) is 18.4 Å². The van der Waals surface area contributed by atoms with Crippen molar-refractivity contribution in [2.45, 2.75) is 45.3 Å². The van der Waals surface area contributed by atoms with Gasteiger partial charge in [-0.3, -0.25) is 19.7 Å². The standard InChI is InChI=1S/C21H29F3N4O7/c1-3-4-5-16(11-27(20(32)33)10-13(2)12-29)26-18(30)9-25-19(31)14-6-15(21(22,23)24)8-17(7-14)28(34)35/h6-8,13,16,29H,3-5,9-12H2,1-2H3,(H,25,31)(H,26,30)(H,32,33)/t13-,16?/m0/s1. The molecule has 14 heteroatoms. The summed E-state index contributed by atoms with van der Waals surface area (Å²) < 4.78 is 39.1. The first kappa shape index (κ1) is 29.6. The molecule has 1 unspecified atom stereocenters. The zero-order valence-electron chi connectivity index (χ0n) is 19.3. The first-order valence-electron chi connectivity index (χ1n) is 10.8. The highest BCUT2D eigenvalue weighted by Crippen LogP contribution is 2.32. The molecule has 35 heavy (non-hydrogen) atoms. The fraction of sp³-hybridized carbons (Fsp3) is 0.571. The Hall–Kier alpha value is -3.42. The molecule has 0 aromatic heterocycles. The minimum Gasteiger partial charge on any atom is -0.465 e. The van der Waals surface area contributed by atoms with Crippen LogP contribution in [-0.4, -0.2) is 70.2 Å². The summed E-state index contributed by atoms with van der Waals surface area (Å²) in [5.74, 6) is -2.17. The number of unbranched alkanes of at least 4 members (excludes halogenated alkanes) is 1. The van der Waals surface area contributed by atoms with Crippen LogP contribution >= 0.6 is 0 Å². The van der Waals surface area contributed by atoms with Gasteiger partial charge < -0.3 is 25.7 Å². The van der Waals surface area contributed by atoms with Gasteiger partial charge in [0, 0.05) is 43.4 Å². The molecule has 196 valence electrons. The Balaban J connectivity index is 2.88. The lowest BCUT2D eigenvalue weighted by Gasteiger charge is -2.28. The highest BCUT2D eigenvalue weighted by Gasteiger charge is 2.33. The Morgan fingerprint density at radius 1 is 1.20 bits per heavy atom. The molecular formula is C21H29F3N4O7. The predicted molar refractivity (Wildman–Crippen MR) is 118 cm³/mol. The topological polar surface area (TPSA) is 162 Å². The molecule has 2 atom stereocenters. The van der Waals surface area contributed by atoms with Crippen molar-refractivity contribution in [3.63, 3.8) is 0 Å². The van der Waals surface area contributed by atoms with Crippen molar-refractivity contribution in [3.05, 3.63) is 39.4 Å². The Bertz CT molecular complexity index is 911. The fourth-order valence-electron chi connectivity index (χ4n) is 3.14. The second kappa shape index (κ2) is 13.5. The third kappa shape index (κ3) is 10.2. The molecule has 0 spiro atoms. The molecule has 11 nitrogen and oxygen atoms in total. The predicted octanol–water partition coefficient (Wildman–Crippen LogP) is 2.63. The van der Waals surface area contributed by atoms with Crippen LogP contribution in [0, 0.1) is 16.0 Å². The van der Waals surface area contributed by atoms with Crippen LogP contribution in [0.4, 0.5) is 23.7 Å². The van der Waals surface area contributed by atoms with Gasteiger partial charge in [0.25, 0.3) is 11.6 Å². The molecule has 0 heterocycles. The minimum atomic E-state index is -4.92. The molecule has 1 rings (SSSR count). The van der Waals surface area contributed by atoms with Crippen LogP contribution in [-0.2, 0) is 11.0 Å². The zero-order valence-corrected chi connectivity index (χ0v) is 19.3. The first-order chi connectivity index (χ1) is 16.3. The smallest absolute Gasteiger partial charge is 0.416 e. The van der Waals surface area contributed by atoms with Gasteiger partial charge in [-0.25, -0.2) is 4.79 Å². The average Bonchev–Trinajstić information content (AvgIpc) is 2.79. The molecule has 4 N–H and O–H groups in total. The Labute approximate surface area is 199 Å². The number of nitro groups is 1. The van der Waals surface area contributed by atoms with Crippen LogP contribution in [0.5, 0.6) is 0 Å². The molecule has 0 saturated heterocycles. The van der Waals surface area contributed by atoms with Crippen molar-refractivity contribution in [2.75, 3.05) is 26.2 Å². The number of carbonyl (C=O) groups excluding carboxylic acids is 2. The van der Waals surface area contributed by atoms with Crippen molar-refractivity contribution < 1.29 is 42.7 Å². The number of benzene rings is 1. The molecule has 0 saturated carbocycles. The third-order valence-electron chi connectivity index (χ3n) is 4.95. The largest absolute Gasteiger partial charge is 0.465 e. The zero-order chi connectivity index (χ0) is 26.8. The number of nitro benzene ring substituents is 1. The Morgan fingerprint density at radius 2 is 1.86 bits per heavy atom. The number of alkyl halides is 3. The van der Waals surface area contributed by atoms with E-state index in [1.54, 1.807) is 6.92 Å². The summed E-state index contributed by atoms with van der Waals surface area (Å²) in [6.45, 7) is 2.65. The number of carboxylic acid groups (broad SMARTS) is 1. The van der Waals surface area contributed by atoms with Gasteiger partial charge in [0.1, 0.15) is 0 Å². The molecule has 0 bridgehead atoms. The van der Waals surface area contributed by atoms with Gasteiger partial charge >= 0.3 is 12.3 Å². The lowest BCUT2D eigenvalue weighted by Crippen LogP contribution is -2.49. The third-order valence-corrected chi connectivity index (χ3v) is 4.95. The normalized spacial score (nSPS) is 13.0. The number of nitrogens with zero attached hydrogens (tertiary/aromatic N) is 2. The maximum absolute atomic E-state index is 13.0. The lowest BCUT2D eigenvalue weighted by molar-refractivity contribution is -0.385. The number of hydrogen-bond acceptors (Lipinski definition) is 6. The summed E-state index contributed by atoms with van der Waals surface area (Å²) in [6.07, 6.45) is -4.31. The molecule has 0 fully saturated rings. The van der Waals surface area contributed by atoms with E-state index in [4.69, 9.17) is 0 Å². The number of carbonyl (C=O) groups is 3. The Kier molecular flexibility index (Phi) is 11.4. The molecule has 0 aliphatic carbocycles. The van der Waals surface area contributed by atoms with E-state index in [1.165, 1.54) is 0 Å². The molecule has 0 aliphatic heterocycles. The van der Waals surface area contributed by atoms with Gasteiger partial charge in [0.05, 0.1) is 17.0 Å². The molecular weight excluding hydrogens is 477 g/mol. The van der Waals surface area contributed by atoms with E-state index in [-0.39, 0.29) is 25.6 Å². The van der Waals surface area contributed by atoms with E-state index in [9.17, 15) is 47.9 Å². The van der Waals surface area contributed by atoms with E-state index in [1.807, 2.05) is 6.92 Å². The highest BCUT2D eigenvalue weighted by atomic mass is 19.4. The summed E-state index contributed by atoms with van der Waals surface area (Å²) in [7, 11) is 0. The van der Waals surface area contributed by atoms with Crippen LogP contribution in [0.3, 0.4) is 0 Å². The number of aliphatic hydroxyl groups is 1. The second-order valence-electron chi connectivity index (χ2n) is 8.09. The van der Waals surface area contributed by atoms with E-state index in [2.05, 4.69) is 10.6 Å². The number of nitrogens with one attached hydrogen (secondary N) is 2. The highest BCUT2D eigenvalue weighted by molar-refractivity contribution is 5.97. The van der Waals surface area contributed by atoms with Crippen LogP contribution in [0.2, 0.25) is 0 Å². The van der Waals surface area contributed by atoms with Gasteiger partial charge in [-0.15, -0.1) is 0 Å². The number of hydrogen-bond donors (Lipinski definition) is 4. The molecule has 3 amide bonds. The van der Waals surface area contributed by atoms with E-state index >= 15 is 0 Å². The van der Waals surface area contributed by atoms with Crippen molar-refractivity contribution in [1.29, 1.82) is 0 Å². The van der Waals surface area contributed by atoms with E-state index in [0.717, 1.165) is 11.3 Å². The number of rotatable bonds is 13. The van der Waals surface area contributed by atoms with E-state index < -0.39 is 58.4 Å². The van der Waals surface area contributed by atoms with Gasteiger partial charge in [0.2, 0.25) is 5.91 Å². The Morgan fingerprint density at radius 3 is 2.37 bits per heavy atom. The number of amides is 3. The average molecular weight is 506 g/mol. The quantitative estimate of drug-likeness (QED) is 0.236. The summed E-state index contributed by atoms with van der Waals surface area (Å²) in [6, 6.07) is 0.793. The number of aliphatic hydroxyl groups excluding tert-OH is 1. The fourth-order valence-corrected chi connectivity index (χ4v) is 3.14. The van der Waals surface area contributed by atoms with Crippen molar-refractivity contribution in [2.24, 2.45) is 5.92 Å². The van der Waals surface area contributed by atoms with Crippen molar-refractivity contribution >= 4 is 23.6 Å². The monoisotopic (exact) mass is 506 g/mol. The van der Waals surface area contributed by atoms with Gasteiger partial charge in [-0.1, -0.05) is 26.7 Å². The van der Waals surface area contributed by atoms with Gasteiger partial charge in [0.15, 0.2) is 0 Å². The lowest BCUT2D eigenvalue weighted by atomic mass is 10.1. The van der Waals surface area contributed by atoms with Crippen LogP contribution in [0.1, 0.15) is 49.0 Å². The van der Waals surface area contributed by atoms with Crippen molar-refractivity contribution in [1.82, 2.24) is 15.5 Å².